The van der Waals surface area contributed by atoms with E-state index in [4.69, 9.17) is 4.43 Å². The van der Waals surface area contributed by atoms with E-state index in [2.05, 4.69) is 63.4 Å². The molecule has 1 unspecified atom stereocenters. The van der Waals surface area contributed by atoms with Crippen LogP contribution in [0.2, 0.25) is 18.1 Å². The molecule has 1 aromatic carbocycles. The van der Waals surface area contributed by atoms with Gasteiger partial charge in [-0.25, -0.2) is 0 Å². The van der Waals surface area contributed by atoms with Gasteiger partial charge in [0.1, 0.15) is 5.75 Å². The second-order valence-corrected chi connectivity index (χ2v) is 12.2. The lowest BCUT2D eigenvalue weighted by Crippen LogP contribution is -2.43. The predicted octanol–water partition coefficient (Wildman–Crippen LogP) is 4.54. The Morgan fingerprint density at radius 1 is 1.15 bits per heavy atom. The Morgan fingerprint density at radius 3 is 2.30 bits per heavy atom. The number of benzene rings is 1. The maximum Gasteiger partial charge on any atom is 0.250 e. The quantitative estimate of drug-likeness (QED) is 0.826. The van der Waals surface area contributed by atoms with Crippen molar-refractivity contribution in [2.45, 2.75) is 57.7 Å². The third-order valence-electron chi connectivity index (χ3n) is 4.83. The molecule has 0 aliphatic carbocycles. The molecule has 112 valence electrons. The fourth-order valence-electron chi connectivity index (χ4n) is 2.39. The van der Waals surface area contributed by atoms with E-state index in [1.54, 1.807) is 0 Å². The summed E-state index contributed by atoms with van der Waals surface area (Å²) in [6, 6.07) is 8.81. The lowest BCUT2D eigenvalue weighted by atomic mass is 9.92. The largest absolute Gasteiger partial charge is 0.544 e. The summed E-state index contributed by atoms with van der Waals surface area (Å²) in [4.78, 5) is 0. The van der Waals surface area contributed by atoms with Crippen molar-refractivity contribution in [3.8, 4) is 5.75 Å². The molecule has 1 aromatic rings. The summed E-state index contributed by atoms with van der Waals surface area (Å²) < 4.78 is 6.33. The molecule has 2 rings (SSSR count). The molecule has 1 heterocycles. The summed E-state index contributed by atoms with van der Waals surface area (Å²) in [5.41, 5.74) is 1.44. The molecule has 0 radical (unpaired) electrons. The molecule has 1 aliphatic rings. The van der Waals surface area contributed by atoms with Crippen LogP contribution in [0.3, 0.4) is 0 Å². The first-order valence-corrected chi connectivity index (χ1v) is 10.7. The van der Waals surface area contributed by atoms with Gasteiger partial charge < -0.3 is 9.74 Å². The van der Waals surface area contributed by atoms with Crippen LogP contribution in [0.4, 0.5) is 0 Å². The minimum Gasteiger partial charge on any atom is -0.544 e. The van der Waals surface area contributed by atoms with Gasteiger partial charge in [0.05, 0.1) is 0 Å². The molecular weight excluding hydrogens is 262 g/mol. The zero-order valence-electron chi connectivity index (χ0n) is 13.6. The Morgan fingerprint density at radius 2 is 1.80 bits per heavy atom. The smallest absolute Gasteiger partial charge is 0.250 e. The summed E-state index contributed by atoms with van der Waals surface area (Å²) in [7, 11) is -1.71. The van der Waals surface area contributed by atoms with Crippen molar-refractivity contribution < 1.29 is 4.43 Å². The first-order valence-electron chi connectivity index (χ1n) is 7.79. The van der Waals surface area contributed by atoms with Gasteiger partial charge in [-0.15, -0.1) is 0 Å². The van der Waals surface area contributed by atoms with E-state index >= 15 is 0 Å². The molecule has 1 saturated heterocycles. The van der Waals surface area contributed by atoms with Gasteiger partial charge in [-0.1, -0.05) is 32.9 Å². The Kier molecular flexibility index (Phi) is 4.60. The minimum atomic E-state index is -1.71. The number of nitrogens with one attached hydrogen (secondary N) is 1. The maximum absolute atomic E-state index is 6.33. The zero-order chi connectivity index (χ0) is 14.8. The van der Waals surface area contributed by atoms with Crippen LogP contribution in [0.15, 0.2) is 24.3 Å². The maximum atomic E-state index is 6.33. The van der Waals surface area contributed by atoms with Crippen molar-refractivity contribution in [1.82, 2.24) is 5.32 Å². The summed E-state index contributed by atoms with van der Waals surface area (Å²) >= 11 is 0. The third-order valence-corrected chi connectivity index (χ3v) is 9.19. The van der Waals surface area contributed by atoms with Crippen LogP contribution in [-0.2, 0) is 0 Å². The van der Waals surface area contributed by atoms with E-state index in [-0.39, 0.29) is 5.04 Å². The normalized spacial score (nSPS) is 20.8. The Hall–Kier alpha value is -0.803. The molecule has 1 N–H and O–H groups in total. The molecule has 1 atom stereocenters. The fourth-order valence-corrected chi connectivity index (χ4v) is 3.42. The number of hydrogen-bond acceptors (Lipinski definition) is 2. The minimum absolute atomic E-state index is 0.249. The molecule has 20 heavy (non-hydrogen) atoms. The van der Waals surface area contributed by atoms with Gasteiger partial charge in [0.15, 0.2) is 0 Å². The van der Waals surface area contributed by atoms with Crippen molar-refractivity contribution in [3.05, 3.63) is 29.8 Å². The van der Waals surface area contributed by atoms with Gasteiger partial charge in [0.2, 0.25) is 8.32 Å². The van der Waals surface area contributed by atoms with Crippen molar-refractivity contribution in [2.75, 3.05) is 13.1 Å². The van der Waals surface area contributed by atoms with Crippen molar-refractivity contribution >= 4 is 8.32 Å². The highest BCUT2D eigenvalue weighted by molar-refractivity contribution is 6.74. The van der Waals surface area contributed by atoms with Crippen LogP contribution in [0.5, 0.6) is 5.75 Å². The number of hydrogen-bond donors (Lipinski definition) is 1. The van der Waals surface area contributed by atoms with Gasteiger partial charge >= 0.3 is 0 Å². The molecule has 2 nitrogen and oxygen atoms in total. The molecule has 1 fully saturated rings. The summed E-state index contributed by atoms with van der Waals surface area (Å²) in [5, 5.41) is 3.73. The molecular formula is C17H29NOSi. The molecule has 0 aromatic heterocycles. The topological polar surface area (TPSA) is 21.3 Å². The molecule has 0 bridgehead atoms. The highest BCUT2D eigenvalue weighted by Gasteiger charge is 2.38. The first kappa shape index (κ1) is 15.6. The predicted molar refractivity (Wildman–Crippen MR) is 89.1 cm³/mol. The van der Waals surface area contributed by atoms with Crippen LogP contribution < -0.4 is 9.74 Å². The summed E-state index contributed by atoms with van der Waals surface area (Å²) in [6.07, 6.45) is 2.59. The Balaban J connectivity index is 2.05. The molecule has 0 saturated carbocycles. The van der Waals surface area contributed by atoms with Crippen LogP contribution >= 0.6 is 0 Å². The van der Waals surface area contributed by atoms with Crippen molar-refractivity contribution in [3.63, 3.8) is 0 Å². The Labute approximate surface area is 125 Å². The number of piperidine rings is 1. The van der Waals surface area contributed by atoms with Crippen molar-refractivity contribution in [2.24, 2.45) is 0 Å². The second-order valence-electron chi connectivity index (χ2n) is 7.47. The second kappa shape index (κ2) is 5.90. The monoisotopic (exact) mass is 291 g/mol. The Bertz CT molecular complexity index is 427. The van der Waals surface area contributed by atoms with Crippen LogP contribution in [0.25, 0.3) is 0 Å². The van der Waals surface area contributed by atoms with E-state index in [0.717, 1.165) is 12.3 Å². The van der Waals surface area contributed by atoms with Gasteiger partial charge in [-0.3, -0.25) is 0 Å². The van der Waals surface area contributed by atoms with E-state index in [1.807, 2.05) is 0 Å². The lowest BCUT2D eigenvalue weighted by molar-refractivity contribution is 0.460. The van der Waals surface area contributed by atoms with Crippen LogP contribution in [0, 0.1) is 0 Å². The average molecular weight is 292 g/mol. The molecule has 0 amide bonds. The zero-order valence-corrected chi connectivity index (χ0v) is 14.6. The SMILES string of the molecule is CC(C)(C)[Si](C)(C)Oc1ccc(C2CCCNC2)cc1. The van der Waals surface area contributed by atoms with Crippen LogP contribution in [0.1, 0.15) is 45.1 Å². The highest BCUT2D eigenvalue weighted by Crippen LogP contribution is 2.37. The average Bonchev–Trinajstić information content (AvgIpc) is 2.39. The summed E-state index contributed by atoms with van der Waals surface area (Å²) in [5.74, 6) is 1.70. The van der Waals surface area contributed by atoms with Gasteiger partial charge in [-0.05, 0) is 61.1 Å². The van der Waals surface area contributed by atoms with E-state index < -0.39 is 8.32 Å². The van der Waals surface area contributed by atoms with Crippen LogP contribution in [-0.4, -0.2) is 21.4 Å². The third kappa shape index (κ3) is 3.64. The first-order chi connectivity index (χ1) is 9.29. The molecule has 3 heteroatoms. The van der Waals surface area contributed by atoms with Crippen molar-refractivity contribution in [1.29, 1.82) is 0 Å². The van der Waals surface area contributed by atoms with E-state index in [1.165, 1.54) is 24.9 Å². The molecule has 1 aliphatic heterocycles. The van der Waals surface area contributed by atoms with E-state index in [0.29, 0.717) is 5.92 Å². The van der Waals surface area contributed by atoms with Gasteiger partial charge in [-0.2, -0.15) is 0 Å². The van der Waals surface area contributed by atoms with E-state index in [9.17, 15) is 0 Å². The highest BCUT2D eigenvalue weighted by atomic mass is 28.4. The van der Waals surface area contributed by atoms with Gasteiger partial charge in [0, 0.05) is 6.54 Å². The fraction of sp³-hybridized carbons (Fsp3) is 0.647. The lowest BCUT2D eigenvalue weighted by Gasteiger charge is -2.36. The molecule has 0 spiro atoms. The number of rotatable bonds is 3. The standard InChI is InChI=1S/C17H29NOSi/c1-17(2,3)20(4,5)19-16-10-8-14(9-11-16)15-7-6-12-18-13-15/h8-11,15,18H,6-7,12-13H2,1-5H3. The van der Waals surface area contributed by atoms with Gasteiger partial charge in [0.25, 0.3) is 0 Å². The summed E-state index contributed by atoms with van der Waals surface area (Å²) in [6.45, 7) is 13.7.